The Morgan fingerprint density at radius 1 is 0.784 bits per heavy atom. The summed E-state index contributed by atoms with van der Waals surface area (Å²) >= 11 is 0. The number of carbonyl (C=O) groups is 4. The third-order valence-corrected chi connectivity index (χ3v) is 6.92. The number of anilines is 1. The van der Waals surface area contributed by atoms with Crippen molar-refractivity contribution in [3.05, 3.63) is 95.1 Å². The molecule has 3 rings (SSSR count). The number of rotatable bonds is 8. The molecule has 0 aromatic heterocycles. The van der Waals surface area contributed by atoms with Crippen molar-refractivity contribution in [2.45, 2.75) is 92.4 Å². The number of benzene rings is 3. The van der Waals surface area contributed by atoms with Crippen LogP contribution in [0.5, 0.6) is 5.75 Å². The highest BCUT2D eigenvalue weighted by molar-refractivity contribution is 6.06. The first kappa shape index (κ1) is 40.1. The van der Waals surface area contributed by atoms with Gasteiger partial charge in [-0.15, -0.1) is 4.99 Å². The normalized spacial score (nSPS) is 12.7. The maximum absolute atomic E-state index is 15.1. The number of carbonyl (C=O) groups excluding carboxylic acids is 4. The van der Waals surface area contributed by atoms with Crippen molar-refractivity contribution >= 4 is 35.7 Å². The number of amides is 3. The van der Waals surface area contributed by atoms with Crippen molar-refractivity contribution < 1.29 is 42.2 Å². The predicted molar refractivity (Wildman–Crippen MR) is 190 cm³/mol. The maximum Gasteiger partial charge on any atom is 0.437 e. The van der Waals surface area contributed by atoms with E-state index in [1.54, 1.807) is 41.5 Å². The molecule has 3 aromatic carbocycles. The molecule has 11 nitrogen and oxygen atoms in total. The maximum atomic E-state index is 15.1. The number of esters is 1. The zero-order valence-corrected chi connectivity index (χ0v) is 30.4. The smallest absolute Gasteiger partial charge is 0.437 e. The van der Waals surface area contributed by atoms with Crippen LogP contribution in [0.25, 0.3) is 0 Å². The van der Waals surface area contributed by atoms with Crippen molar-refractivity contribution in [1.82, 2.24) is 10.6 Å². The highest BCUT2D eigenvalue weighted by atomic mass is 19.1. The van der Waals surface area contributed by atoms with Crippen LogP contribution in [0.15, 0.2) is 71.7 Å². The van der Waals surface area contributed by atoms with Crippen molar-refractivity contribution in [1.29, 1.82) is 0 Å². The Kier molecular flexibility index (Phi) is 13.0. The Balaban J connectivity index is 1.69. The van der Waals surface area contributed by atoms with E-state index in [2.05, 4.69) is 20.9 Å². The Bertz CT molecular complexity index is 1720. The molecule has 3 aromatic rings. The second-order valence-electron chi connectivity index (χ2n) is 14.9. The Labute approximate surface area is 297 Å². The van der Waals surface area contributed by atoms with Gasteiger partial charge in [0.2, 0.25) is 11.9 Å². The minimum absolute atomic E-state index is 0.0159. The fraction of sp³-hybridized carbons (Fsp3) is 0.395. The van der Waals surface area contributed by atoms with Gasteiger partial charge < -0.3 is 24.8 Å². The van der Waals surface area contributed by atoms with Gasteiger partial charge in [0, 0.05) is 29.4 Å². The van der Waals surface area contributed by atoms with Crippen LogP contribution in [-0.2, 0) is 27.1 Å². The summed E-state index contributed by atoms with van der Waals surface area (Å²) in [6.07, 6.45) is -1.88. The van der Waals surface area contributed by atoms with Crippen LogP contribution in [0, 0.1) is 17.0 Å². The zero-order valence-electron chi connectivity index (χ0n) is 30.4. The Morgan fingerprint density at radius 2 is 1.35 bits per heavy atom. The van der Waals surface area contributed by atoms with Crippen LogP contribution in [0.2, 0.25) is 0 Å². The molecule has 0 radical (unpaired) electrons. The SMILES string of the molecule is CC(C)(C)OC(=O)/N=C(/NC(=O)OC(C)(C)C)Nc1ccc(C(=O)Oc2cc(F)c(CC(=O)N[C@@H](Cc3ccccc3)C(C)(C)C)c(F)c2)cc1. The van der Waals surface area contributed by atoms with E-state index in [9.17, 15) is 19.2 Å². The fourth-order valence-corrected chi connectivity index (χ4v) is 4.49. The van der Waals surface area contributed by atoms with Gasteiger partial charge in [-0.2, -0.15) is 0 Å². The molecule has 0 aliphatic rings. The standard InChI is InChI=1S/C38H46F2N4O7/c1-36(2,3)30(19-23-13-11-10-12-14-23)42-31(45)22-27-28(39)20-26(21-29(27)40)49-32(46)24-15-17-25(18-16-24)41-33(43-34(47)50-37(4,5)6)44-35(48)51-38(7,8)9/h10-18,20-21,30H,19,22H2,1-9H3,(H,42,45)(H2,41,43,44,47,48)/t30-/m0/s1. The molecule has 0 saturated carbocycles. The highest BCUT2D eigenvalue weighted by Crippen LogP contribution is 2.25. The quantitative estimate of drug-likeness (QED) is 0.0934. The van der Waals surface area contributed by atoms with Gasteiger partial charge in [0.1, 0.15) is 28.6 Å². The summed E-state index contributed by atoms with van der Waals surface area (Å²) in [5, 5.41) is 8.01. The first-order valence-corrected chi connectivity index (χ1v) is 16.3. The molecule has 1 atom stereocenters. The van der Waals surface area contributed by atoms with E-state index in [0.29, 0.717) is 12.1 Å². The van der Waals surface area contributed by atoms with Gasteiger partial charge in [-0.05, 0) is 83.2 Å². The van der Waals surface area contributed by atoms with E-state index in [-0.39, 0.29) is 23.0 Å². The number of halogens is 2. The summed E-state index contributed by atoms with van der Waals surface area (Å²) in [7, 11) is 0. The molecule has 0 saturated heterocycles. The summed E-state index contributed by atoms with van der Waals surface area (Å²) in [4.78, 5) is 54.2. The van der Waals surface area contributed by atoms with Crippen LogP contribution >= 0.6 is 0 Å². The Morgan fingerprint density at radius 3 is 1.88 bits per heavy atom. The molecule has 0 fully saturated rings. The summed E-state index contributed by atoms with van der Waals surface area (Å²) < 4.78 is 45.8. The molecule has 0 spiro atoms. The summed E-state index contributed by atoms with van der Waals surface area (Å²) in [5.74, 6) is -4.27. The topological polar surface area (TPSA) is 144 Å². The predicted octanol–water partition coefficient (Wildman–Crippen LogP) is 7.73. The van der Waals surface area contributed by atoms with Crippen molar-refractivity contribution in [3.8, 4) is 5.75 Å². The first-order valence-electron chi connectivity index (χ1n) is 16.3. The number of hydrogen-bond acceptors (Lipinski definition) is 7. The highest BCUT2D eigenvalue weighted by Gasteiger charge is 2.28. The van der Waals surface area contributed by atoms with Crippen LogP contribution in [0.1, 0.15) is 83.8 Å². The lowest BCUT2D eigenvalue weighted by atomic mass is 9.83. The number of aliphatic imine (C=N–C) groups is 1. The van der Waals surface area contributed by atoms with E-state index in [4.69, 9.17) is 14.2 Å². The molecule has 51 heavy (non-hydrogen) atoms. The molecule has 0 bridgehead atoms. The largest absolute Gasteiger partial charge is 0.444 e. The van der Waals surface area contributed by atoms with Crippen LogP contribution < -0.4 is 20.7 Å². The average molecular weight is 709 g/mol. The molecule has 13 heteroatoms. The number of alkyl carbamates (subject to hydrolysis) is 1. The number of nitrogens with zero attached hydrogens (tertiary/aromatic N) is 1. The molecular formula is C38H46F2N4O7. The summed E-state index contributed by atoms with van der Waals surface area (Å²) in [6.45, 7) is 15.9. The van der Waals surface area contributed by atoms with E-state index in [1.165, 1.54) is 24.3 Å². The number of hydrogen-bond donors (Lipinski definition) is 3. The van der Waals surface area contributed by atoms with Crippen LogP contribution in [0.4, 0.5) is 24.1 Å². The van der Waals surface area contributed by atoms with Crippen LogP contribution in [-0.4, -0.2) is 47.3 Å². The van der Waals surface area contributed by atoms with Gasteiger partial charge in [0.15, 0.2) is 0 Å². The molecule has 0 aliphatic heterocycles. The molecule has 0 heterocycles. The van der Waals surface area contributed by atoms with Crippen molar-refractivity contribution in [3.63, 3.8) is 0 Å². The van der Waals surface area contributed by atoms with Gasteiger partial charge in [-0.25, -0.2) is 23.2 Å². The summed E-state index contributed by atoms with van der Waals surface area (Å²) in [6, 6.07) is 16.5. The fourth-order valence-electron chi connectivity index (χ4n) is 4.49. The van der Waals surface area contributed by atoms with Gasteiger partial charge in [0.25, 0.3) is 0 Å². The molecule has 274 valence electrons. The zero-order chi connectivity index (χ0) is 38.1. The lowest BCUT2D eigenvalue weighted by Crippen LogP contribution is -2.45. The first-order chi connectivity index (χ1) is 23.6. The molecular weight excluding hydrogens is 662 g/mol. The monoisotopic (exact) mass is 708 g/mol. The summed E-state index contributed by atoms with van der Waals surface area (Å²) in [5.41, 5.74) is -1.15. The van der Waals surface area contributed by atoms with Gasteiger partial charge in [0.05, 0.1) is 12.0 Å². The number of ether oxygens (including phenoxy) is 3. The molecule has 0 unspecified atom stereocenters. The van der Waals surface area contributed by atoms with Gasteiger partial charge in [-0.3, -0.25) is 10.1 Å². The third-order valence-electron chi connectivity index (χ3n) is 6.92. The van der Waals surface area contributed by atoms with Crippen molar-refractivity contribution in [2.75, 3.05) is 5.32 Å². The van der Waals surface area contributed by atoms with Gasteiger partial charge >= 0.3 is 18.2 Å². The molecule has 3 amide bonds. The van der Waals surface area contributed by atoms with E-state index in [1.807, 2.05) is 51.1 Å². The molecule has 0 aliphatic carbocycles. The van der Waals surface area contributed by atoms with E-state index in [0.717, 1.165) is 17.7 Å². The third kappa shape index (κ3) is 13.8. The lowest BCUT2D eigenvalue weighted by molar-refractivity contribution is -0.122. The van der Waals surface area contributed by atoms with E-state index < -0.39 is 64.6 Å². The number of guanidine groups is 1. The lowest BCUT2D eigenvalue weighted by Gasteiger charge is -2.32. The average Bonchev–Trinajstić information content (AvgIpc) is 2.97. The van der Waals surface area contributed by atoms with Crippen LogP contribution in [0.3, 0.4) is 0 Å². The second-order valence-corrected chi connectivity index (χ2v) is 14.9. The minimum Gasteiger partial charge on any atom is -0.444 e. The second kappa shape index (κ2) is 16.6. The Hall–Kier alpha value is -5.33. The molecule has 3 N–H and O–H groups in total. The number of nitrogens with one attached hydrogen (secondary N) is 3. The minimum atomic E-state index is -1.04. The van der Waals surface area contributed by atoms with Gasteiger partial charge in [-0.1, -0.05) is 51.1 Å². The van der Waals surface area contributed by atoms with E-state index >= 15 is 8.78 Å². The van der Waals surface area contributed by atoms with Crippen molar-refractivity contribution in [2.24, 2.45) is 10.4 Å².